The van der Waals surface area contributed by atoms with E-state index in [9.17, 15) is 4.79 Å². The molecule has 0 saturated heterocycles. The van der Waals surface area contributed by atoms with Gasteiger partial charge in [0.05, 0.1) is 17.6 Å². The third-order valence-corrected chi connectivity index (χ3v) is 5.97. The summed E-state index contributed by atoms with van der Waals surface area (Å²) in [6, 6.07) is 17.6. The van der Waals surface area contributed by atoms with Crippen molar-refractivity contribution in [3.8, 4) is 22.9 Å². The van der Waals surface area contributed by atoms with E-state index < -0.39 is 11.2 Å². The summed E-state index contributed by atoms with van der Waals surface area (Å²) in [7, 11) is 0. The van der Waals surface area contributed by atoms with Crippen molar-refractivity contribution in [1.29, 1.82) is 5.26 Å². The lowest BCUT2D eigenvalue weighted by Crippen LogP contribution is -2.43. The van der Waals surface area contributed by atoms with Crippen LogP contribution in [0.15, 0.2) is 48.5 Å². The van der Waals surface area contributed by atoms with Crippen LogP contribution in [0.2, 0.25) is 0 Å². The Bertz CT molecular complexity index is 1030. The minimum Gasteiger partial charge on any atom is -0.488 e. The molecular weight excluding hydrogens is 434 g/mol. The molecule has 0 radical (unpaired) electrons. The minimum absolute atomic E-state index is 0.0351. The fourth-order valence-corrected chi connectivity index (χ4v) is 4.57. The van der Waals surface area contributed by atoms with E-state index in [0.29, 0.717) is 12.0 Å². The van der Waals surface area contributed by atoms with Crippen LogP contribution in [0, 0.1) is 28.1 Å². The van der Waals surface area contributed by atoms with Gasteiger partial charge in [0.25, 0.3) is 0 Å². The van der Waals surface area contributed by atoms with Gasteiger partial charge in [0, 0.05) is 6.42 Å². The number of hydrogen-bond acceptors (Lipinski definition) is 4. The van der Waals surface area contributed by atoms with Gasteiger partial charge in [0.15, 0.2) is 0 Å². The second-order valence-electron chi connectivity index (χ2n) is 13.1. The molecule has 190 valence electrons. The lowest BCUT2D eigenvalue weighted by Gasteiger charge is -2.39. The van der Waals surface area contributed by atoms with Crippen molar-refractivity contribution in [2.45, 2.75) is 93.3 Å². The normalized spacial score (nSPS) is 13.6. The Morgan fingerprint density at radius 2 is 1.29 bits per heavy atom. The van der Waals surface area contributed by atoms with Gasteiger partial charge in [-0.3, -0.25) is 4.79 Å². The Labute approximate surface area is 212 Å². The van der Waals surface area contributed by atoms with Gasteiger partial charge in [-0.25, -0.2) is 0 Å². The highest BCUT2D eigenvalue weighted by molar-refractivity contribution is 5.74. The van der Waals surface area contributed by atoms with E-state index in [-0.39, 0.29) is 22.7 Å². The quantitative estimate of drug-likeness (QED) is 0.360. The maximum absolute atomic E-state index is 13.3. The molecule has 1 atom stereocenters. The summed E-state index contributed by atoms with van der Waals surface area (Å²) in [6.45, 7) is 20.8. The van der Waals surface area contributed by atoms with Crippen molar-refractivity contribution >= 4 is 5.97 Å². The van der Waals surface area contributed by atoms with Gasteiger partial charge in [-0.15, -0.1) is 0 Å². The maximum Gasteiger partial charge on any atom is 0.310 e. The van der Waals surface area contributed by atoms with Crippen molar-refractivity contribution in [2.24, 2.45) is 16.7 Å². The molecule has 2 aromatic rings. The van der Waals surface area contributed by atoms with E-state index in [2.05, 4.69) is 47.6 Å². The van der Waals surface area contributed by atoms with Crippen LogP contribution in [-0.2, 0) is 9.53 Å². The van der Waals surface area contributed by atoms with E-state index in [1.807, 2.05) is 76.2 Å². The van der Waals surface area contributed by atoms with Crippen molar-refractivity contribution in [1.82, 2.24) is 0 Å². The zero-order valence-corrected chi connectivity index (χ0v) is 23.3. The van der Waals surface area contributed by atoms with Gasteiger partial charge < -0.3 is 9.47 Å². The number of nitriles is 1. The third kappa shape index (κ3) is 9.06. The lowest BCUT2D eigenvalue weighted by molar-refractivity contribution is -0.170. The van der Waals surface area contributed by atoms with Gasteiger partial charge in [-0.1, -0.05) is 65.8 Å². The van der Waals surface area contributed by atoms with Crippen LogP contribution in [0.1, 0.15) is 87.6 Å². The maximum atomic E-state index is 13.3. The summed E-state index contributed by atoms with van der Waals surface area (Å²) in [5, 5.41) is 8.99. The van der Waals surface area contributed by atoms with E-state index in [4.69, 9.17) is 14.7 Å². The first-order valence-electron chi connectivity index (χ1n) is 12.4. The Kier molecular flexibility index (Phi) is 8.48. The van der Waals surface area contributed by atoms with Crippen LogP contribution in [-0.4, -0.2) is 17.2 Å². The molecule has 0 N–H and O–H groups in total. The molecular formula is C31H43NO3. The fourth-order valence-electron chi connectivity index (χ4n) is 4.57. The van der Waals surface area contributed by atoms with E-state index in [0.717, 1.165) is 23.3 Å². The number of rotatable bonds is 8. The lowest BCUT2D eigenvalue weighted by atomic mass is 9.72. The van der Waals surface area contributed by atoms with Gasteiger partial charge in [0.2, 0.25) is 0 Å². The molecule has 1 unspecified atom stereocenters. The SMILES string of the molecule is CC(C)(C)CC(C(=O)OC(C)(C)CC(C)(C)Oc1ccc(-c2ccc(C#N)cc2)cc1)C(C)(C)C. The Morgan fingerprint density at radius 1 is 0.800 bits per heavy atom. The average molecular weight is 478 g/mol. The molecule has 0 aromatic heterocycles. The molecule has 0 heterocycles. The molecule has 0 aliphatic carbocycles. The van der Waals surface area contributed by atoms with E-state index in [1.54, 1.807) is 0 Å². The van der Waals surface area contributed by atoms with Gasteiger partial charge >= 0.3 is 5.97 Å². The topological polar surface area (TPSA) is 59.3 Å². The molecule has 4 nitrogen and oxygen atoms in total. The van der Waals surface area contributed by atoms with Crippen LogP contribution in [0.4, 0.5) is 0 Å². The first-order valence-corrected chi connectivity index (χ1v) is 12.4. The molecule has 0 amide bonds. The number of carbonyl (C=O) groups excluding carboxylic acids is 1. The average Bonchev–Trinajstić information content (AvgIpc) is 2.69. The first-order chi connectivity index (χ1) is 15.9. The minimum atomic E-state index is -0.676. The van der Waals surface area contributed by atoms with Crippen molar-refractivity contribution < 1.29 is 14.3 Å². The summed E-state index contributed by atoms with van der Waals surface area (Å²) in [6.07, 6.45) is 1.33. The molecule has 0 bridgehead atoms. The highest BCUT2D eigenvalue weighted by atomic mass is 16.6. The predicted octanol–water partition coefficient (Wildman–Crippen LogP) is 8.19. The van der Waals surface area contributed by atoms with Crippen LogP contribution < -0.4 is 4.74 Å². The van der Waals surface area contributed by atoms with Crippen molar-refractivity contribution in [2.75, 3.05) is 0 Å². The molecule has 35 heavy (non-hydrogen) atoms. The summed E-state index contributed by atoms with van der Waals surface area (Å²) in [5.41, 5.74) is 1.39. The summed E-state index contributed by atoms with van der Waals surface area (Å²) >= 11 is 0. The predicted molar refractivity (Wildman–Crippen MR) is 143 cm³/mol. The van der Waals surface area contributed by atoms with E-state index >= 15 is 0 Å². The monoisotopic (exact) mass is 477 g/mol. The zero-order chi connectivity index (χ0) is 26.7. The van der Waals surface area contributed by atoms with Gasteiger partial charge in [-0.05, 0) is 80.3 Å². The highest BCUT2D eigenvalue weighted by Gasteiger charge is 2.40. The molecule has 4 heteroatoms. The zero-order valence-electron chi connectivity index (χ0n) is 23.3. The molecule has 0 spiro atoms. The van der Waals surface area contributed by atoms with Crippen LogP contribution >= 0.6 is 0 Å². The molecule has 0 aliphatic heterocycles. The largest absolute Gasteiger partial charge is 0.488 e. The molecule has 0 saturated carbocycles. The number of benzene rings is 2. The summed E-state index contributed by atoms with van der Waals surface area (Å²) < 4.78 is 12.4. The first kappa shape index (κ1) is 28.4. The molecule has 0 aliphatic rings. The Balaban J connectivity index is 2.07. The molecule has 2 rings (SSSR count). The Hall–Kier alpha value is -2.80. The van der Waals surface area contributed by atoms with Crippen LogP contribution in [0.3, 0.4) is 0 Å². The number of nitrogens with zero attached hydrogens (tertiary/aromatic N) is 1. The number of hydrogen-bond donors (Lipinski definition) is 0. The third-order valence-electron chi connectivity index (χ3n) is 5.97. The number of esters is 1. The smallest absolute Gasteiger partial charge is 0.310 e. The summed E-state index contributed by atoms with van der Waals surface area (Å²) in [4.78, 5) is 13.3. The number of carbonyl (C=O) groups is 1. The van der Waals surface area contributed by atoms with Crippen LogP contribution in [0.25, 0.3) is 11.1 Å². The second-order valence-corrected chi connectivity index (χ2v) is 13.1. The Morgan fingerprint density at radius 3 is 1.71 bits per heavy atom. The van der Waals surface area contributed by atoms with Crippen LogP contribution in [0.5, 0.6) is 5.75 Å². The van der Waals surface area contributed by atoms with Gasteiger partial charge in [0.1, 0.15) is 17.0 Å². The summed E-state index contributed by atoms with van der Waals surface area (Å²) in [5.74, 6) is 0.440. The van der Waals surface area contributed by atoms with Crippen molar-refractivity contribution in [3.63, 3.8) is 0 Å². The second kappa shape index (κ2) is 10.4. The fraction of sp³-hybridized carbons (Fsp3) is 0.548. The standard InChI is InChI=1S/C31H43NO3/c1-28(2,3)19-26(29(4,5)6)27(33)35-31(9,10)21-30(7,8)34-25-17-15-24(16-18-25)23-13-11-22(20-32)12-14-23/h11-18,26H,19,21H2,1-10H3. The molecule has 2 aromatic carbocycles. The number of ether oxygens (including phenoxy) is 2. The van der Waals surface area contributed by atoms with Gasteiger partial charge in [-0.2, -0.15) is 5.26 Å². The van der Waals surface area contributed by atoms with E-state index in [1.165, 1.54) is 0 Å². The highest BCUT2D eigenvalue weighted by Crippen LogP contribution is 2.38. The van der Waals surface area contributed by atoms with Crippen molar-refractivity contribution in [3.05, 3.63) is 54.1 Å². The molecule has 0 fully saturated rings.